The number of hydrogen-bond donors (Lipinski definition) is 2. The van der Waals surface area contributed by atoms with Crippen molar-refractivity contribution in [2.45, 2.75) is 6.10 Å². The molecule has 1 atom stereocenters. The second-order valence-electron chi connectivity index (χ2n) is 3.67. The van der Waals surface area contributed by atoms with E-state index in [1.165, 1.54) is 11.8 Å². The fourth-order valence-corrected chi connectivity index (χ4v) is 2.70. The highest BCUT2D eigenvalue weighted by Crippen LogP contribution is 2.17. The van der Waals surface area contributed by atoms with Crippen molar-refractivity contribution in [3.05, 3.63) is 35.9 Å². The van der Waals surface area contributed by atoms with Gasteiger partial charge in [0.25, 0.3) is 0 Å². The van der Waals surface area contributed by atoms with E-state index in [4.69, 9.17) is 0 Å². The molecule has 0 amide bonds. The molecule has 1 unspecified atom stereocenters. The van der Waals surface area contributed by atoms with Gasteiger partial charge in [-0.25, -0.2) is 13.1 Å². The van der Waals surface area contributed by atoms with Crippen LogP contribution in [0.4, 0.5) is 0 Å². The first-order valence-corrected chi connectivity index (χ1v) is 8.29. The van der Waals surface area contributed by atoms with Crippen molar-refractivity contribution < 1.29 is 13.5 Å². The summed E-state index contributed by atoms with van der Waals surface area (Å²) < 4.78 is 24.0. The molecule has 0 fully saturated rings. The van der Waals surface area contributed by atoms with Crippen molar-refractivity contribution in [1.29, 1.82) is 0 Å². The minimum absolute atomic E-state index is 0.394. The normalized spacial score (nSPS) is 13.5. The fraction of sp³-hybridized carbons (Fsp3) is 0.455. The van der Waals surface area contributed by atoms with E-state index < -0.39 is 16.1 Å². The van der Waals surface area contributed by atoms with Crippen LogP contribution in [0.25, 0.3) is 0 Å². The molecule has 1 rings (SSSR count). The SMILES string of the molecule is CS(=O)(=O)NCCSCC(O)c1ccccc1. The Labute approximate surface area is 106 Å². The lowest BCUT2D eigenvalue weighted by Crippen LogP contribution is -2.24. The molecule has 0 bridgehead atoms. The summed E-state index contributed by atoms with van der Waals surface area (Å²) in [4.78, 5) is 0. The molecule has 1 aromatic carbocycles. The van der Waals surface area contributed by atoms with Crippen LogP contribution < -0.4 is 4.72 Å². The van der Waals surface area contributed by atoms with Crippen LogP contribution in [0.5, 0.6) is 0 Å². The van der Waals surface area contributed by atoms with Gasteiger partial charge in [0.15, 0.2) is 0 Å². The third-order valence-corrected chi connectivity index (χ3v) is 3.84. The van der Waals surface area contributed by atoms with Crippen LogP contribution in [0, 0.1) is 0 Å². The second-order valence-corrected chi connectivity index (χ2v) is 6.65. The van der Waals surface area contributed by atoms with Crippen LogP contribution in [0.3, 0.4) is 0 Å². The Morgan fingerprint density at radius 1 is 1.35 bits per heavy atom. The van der Waals surface area contributed by atoms with E-state index >= 15 is 0 Å². The van der Waals surface area contributed by atoms with Gasteiger partial charge in [0.1, 0.15) is 0 Å². The van der Waals surface area contributed by atoms with Crippen molar-refractivity contribution in [3.8, 4) is 0 Å². The lowest BCUT2D eigenvalue weighted by atomic mass is 10.1. The quantitative estimate of drug-likeness (QED) is 0.729. The largest absolute Gasteiger partial charge is 0.388 e. The Hall–Kier alpha value is -0.560. The van der Waals surface area contributed by atoms with E-state index in [9.17, 15) is 13.5 Å². The van der Waals surface area contributed by atoms with E-state index in [-0.39, 0.29) is 0 Å². The first kappa shape index (κ1) is 14.5. The standard InChI is InChI=1S/C11H17NO3S2/c1-17(14,15)12-7-8-16-9-11(13)10-5-3-2-4-6-10/h2-6,11-13H,7-9H2,1H3. The maximum Gasteiger partial charge on any atom is 0.208 e. The number of aliphatic hydroxyl groups excluding tert-OH is 1. The summed E-state index contributed by atoms with van der Waals surface area (Å²) in [6.45, 7) is 0.394. The summed E-state index contributed by atoms with van der Waals surface area (Å²) in [6.07, 6.45) is 0.635. The summed E-state index contributed by atoms with van der Waals surface area (Å²) in [5, 5.41) is 9.82. The van der Waals surface area contributed by atoms with E-state index in [1.54, 1.807) is 0 Å². The molecule has 0 spiro atoms. The number of aliphatic hydroxyl groups is 1. The minimum atomic E-state index is -3.10. The van der Waals surface area contributed by atoms with Gasteiger partial charge in [-0.05, 0) is 5.56 Å². The van der Waals surface area contributed by atoms with Crippen LogP contribution in [-0.4, -0.2) is 37.8 Å². The van der Waals surface area contributed by atoms with Crippen LogP contribution in [-0.2, 0) is 10.0 Å². The average Bonchev–Trinajstić information content (AvgIpc) is 2.28. The fourth-order valence-electron chi connectivity index (χ4n) is 1.27. The van der Waals surface area contributed by atoms with E-state index in [1.807, 2.05) is 30.3 Å². The zero-order valence-electron chi connectivity index (χ0n) is 9.67. The molecule has 0 aliphatic carbocycles. The maximum atomic E-state index is 10.8. The first-order chi connectivity index (χ1) is 7.99. The second kappa shape index (κ2) is 7.00. The van der Waals surface area contributed by atoms with Gasteiger partial charge in [-0.3, -0.25) is 0 Å². The zero-order chi connectivity index (χ0) is 12.7. The van der Waals surface area contributed by atoms with E-state index in [2.05, 4.69) is 4.72 Å². The Bertz CT molecular complexity index is 420. The summed E-state index contributed by atoms with van der Waals surface area (Å²) in [6, 6.07) is 9.42. The lowest BCUT2D eigenvalue weighted by Gasteiger charge is -2.10. The topological polar surface area (TPSA) is 66.4 Å². The van der Waals surface area contributed by atoms with Crippen molar-refractivity contribution in [2.75, 3.05) is 24.3 Å². The molecule has 6 heteroatoms. The van der Waals surface area contributed by atoms with Gasteiger partial charge in [0, 0.05) is 18.1 Å². The van der Waals surface area contributed by atoms with Crippen molar-refractivity contribution in [2.24, 2.45) is 0 Å². The molecular formula is C11H17NO3S2. The Balaban J connectivity index is 2.19. The van der Waals surface area contributed by atoms with E-state index in [0.29, 0.717) is 18.1 Å². The van der Waals surface area contributed by atoms with Crippen LogP contribution >= 0.6 is 11.8 Å². The number of nitrogens with one attached hydrogen (secondary N) is 1. The highest BCUT2D eigenvalue weighted by molar-refractivity contribution is 7.99. The molecule has 0 aromatic heterocycles. The predicted molar refractivity (Wildman–Crippen MR) is 71.6 cm³/mol. The summed E-state index contributed by atoms with van der Waals surface area (Å²) >= 11 is 1.52. The molecule has 17 heavy (non-hydrogen) atoms. The number of sulfonamides is 1. The minimum Gasteiger partial charge on any atom is -0.388 e. The summed E-state index contributed by atoms with van der Waals surface area (Å²) in [5.41, 5.74) is 0.885. The third-order valence-electron chi connectivity index (χ3n) is 2.07. The summed E-state index contributed by atoms with van der Waals surface area (Å²) in [5.74, 6) is 1.21. The van der Waals surface area contributed by atoms with Gasteiger partial charge in [-0.2, -0.15) is 11.8 Å². The molecular weight excluding hydrogens is 258 g/mol. The van der Waals surface area contributed by atoms with Crippen LogP contribution in [0.2, 0.25) is 0 Å². The number of rotatable bonds is 7. The predicted octanol–water partition coefficient (Wildman–Crippen LogP) is 1.00. The Morgan fingerprint density at radius 3 is 2.59 bits per heavy atom. The average molecular weight is 275 g/mol. The summed E-state index contributed by atoms with van der Waals surface area (Å²) in [7, 11) is -3.10. The number of thioether (sulfide) groups is 1. The molecule has 4 nitrogen and oxygen atoms in total. The maximum absolute atomic E-state index is 10.8. The molecule has 1 aromatic rings. The lowest BCUT2D eigenvalue weighted by molar-refractivity contribution is 0.204. The van der Waals surface area contributed by atoms with Gasteiger partial charge in [0.05, 0.1) is 12.4 Å². The first-order valence-electron chi connectivity index (χ1n) is 5.24. The molecule has 2 N–H and O–H groups in total. The Morgan fingerprint density at radius 2 is 2.00 bits per heavy atom. The molecule has 0 saturated heterocycles. The highest BCUT2D eigenvalue weighted by atomic mass is 32.2. The van der Waals surface area contributed by atoms with Gasteiger partial charge in [-0.1, -0.05) is 30.3 Å². The van der Waals surface area contributed by atoms with Gasteiger partial charge in [0.2, 0.25) is 10.0 Å². The molecule has 0 radical (unpaired) electrons. The van der Waals surface area contributed by atoms with Gasteiger partial charge in [-0.15, -0.1) is 0 Å². The smallest absolute Gasteiger partial charge is 0.208 e. The van der Waals surface area contributed by atoms with Crippen molar-refractivity contribution >= 4 is 21.8 Å². The zero-order valence-corrected chi connectivity index (χ0v) is 11.3. The van der Waals surface area contributed by atoms with Gasteiger partial charge < -0.3 is 5.11 Å². The van der Waals surface area contributed by atoms with Crippen LogP contribution in [0.1, 0.15) is 11.7 Å². The van der Waals surface area contributed by atoms with Crippen molar-refractivity contribution in [1.82, 2.24) is 4.72 Å². The monoisotopic (exact) mass is 275 g/mol. The Kier molecular flexibility index (Phi) is 5.97. The highest BCUT2D eigenvalue weighted by Gasteiger charge is 2.06. The van der Waals surface area contributed by atoms with Gasteiger partial charge >= 0.3 is 0 Å². The van der Waals surface area contributed by atoms with E-state index in [0.717, 1.165) is 11.8 Å². The van der Waals surface area contributed by atoms with Crippen LogP contribution in [0.15, 0.2) is 30.3 Å². The molecule has 0 heterocycles. The van der Waals surface area contributed by atoms with Crippen molar-refractivity contribution in [3.63, 3.8) is 0 Å². The number of hydrogen-bond acceptors (Lipinski definition) is 4. The number of benzene rings is 1. The molecule has 0 saturated carbocycles. The molecule has 0 aliphatic heterocycles. The third kappa shape index (κ3) is 6.68. The molecule has 0 aliphatic rings. The molecule has 96 valence electrons.